The number of aromatic nitrogens is 3. The molecule has 0 spiro atoms. The summed E-state index contributed by atoms with van der Waals surface area (Å²) < 4.78 is 13.5. The normalized spacial score (nSPS) is 17.6. The van der Waals surface area contributed by atoms with E-state index in [0.29, 0.717) is 10.7 Å². The monoisotopic (exact) mass is 360 g/mol. The lowest BCUT2D eigenvalue weighted by atomic mass is 10.1. The first kappa shape index (κ1) is 17.8. The summed E-state index contributed by atoms with van der Waals surface area (Å²) in [4.78, 5) is 0. The van der Waals surface area contributed by atoms with Gasteiger partial charge in [-0.25, -0.2) is 0 Å². The SMILES string of the molecule is CC(C)CCOc1ccc(/C=N\n2c([C@@H]3CCCO3)n[nH]c2=S)cc1. The highest BCUT2D eigenvalue weighted by Crippen LogP contribution is 2.27. The standard InChI is InChI=1S/C18H24N4O2S/c1-13(2)9-11-23-15-7-5-14(6-8-15)12-19-22-17(20-21-18(22)25)16-4-3-10-24-16/h5-8,12-13,16H,3-4,9-11H2,1-2H3,(H,21,25)/b19-12-/t16-/m0/s1. The first-order chi connectivity index (χ1) is 12.1. The summed E-state index contributed by atoms with van der Waals surface area (Å²) in [6.45, 7) is 5.87. The van der Waals surface area contributed by atoms with E-state index in [4.69, 9.17) is 21.7 Å². The minimum atomic E-state index is -0.0400. The van der Waals surface area contributed by atoms with Gasteiger partial charge in [0.15, 0.2) is 5.82 Å². The maximum absolute atomic E-state index is 5.73. The lowest BCUT2D eigenvalue weighted by Gasteiger charge is -2.08. The van der Waals surface area contributed by atoms with Crippen LogP contribution in [0.3, 0.4) is 0 Å². The quantitative estimate of drug-likeness (QED) is 0.596. The molecule has 0 unspecified atom stereocenters. The van der Waals surface area contributed by atoms with Crippen molar-refractivity contribution in [1.29, 1.82) is 0 Å². The van der Waals surface area contributed by atoms with Crippen LogP contribution in [0.2, 0.25) is 0 Å². The van der Waals surface area contributed by atoms with E-state index in [1.165, 1.54) is 0 Å². The van der Waals surface area contributed by atoms with Crippen LogP contribution in [0.15, 0.2) is 29.4 Å². The Balaban J connectivity index is 1.66. The van der Waals surface area contributed by atoms with Crippen molar-refractivity contribution in [1.82, 2.24) is 14.9 Å². The molecule has 1 fully saturated rings. The van der Waals surface area contributed by atoms with Crippen molar-refractivity contribution in [3.63, 3.8) is 0 Å². The number of nitrogens with zero attached hydrogens (tertiary/aromatic N) is 3. The van der Waals surface area contributed by atoms with E-state index >= 15 is 0 Å². The highest BCUT2D eigenvalue weighted by molar-refractivity contribution is 7.71. The molecule has 25 heavy (non-hydrogen) atoms. The molecule has 0 amide bonds. The van der Waals surface area contributed by atoms with E-state index in [1.807, 2.05) is 24.3 Å². The zero-order valence-corrected chi connectivity index (χ0v) is 15.5. The number of ether oxygens (including phenoxy) is 2. The number of rotatable bonds is 7. The Hall–Kier alpha value is -1.99. The molecule has 1 atom stereocenters. The first-order valence-corrected chi connectivity index (χ1v) is 9.10. The summed E-state index contributed by atoms with van der Waals surface area (Å²) in [6, 6.07) is 7.86. The maximum atomic E-state index is 5.73. The Morgan fingerprint density at radius 3 is 2.92 bits per heavy atom. The number of aromatic amines is 1. The van der Waals surface area contributed by atoms with Crippen LogP contribution in [-0.2, 0) is 4.74 Å². The molecule has 1 aromatic heterocycles. The Morgan fingerprint density at radius 2 is 2.24 bits per heavy atom. The average Bonchev–Trinajstić information content (AvgIpc) is 3.23. The van der Waals surface area contributed by atoms with Gasteiger partial charge < -0.3 is 9.47 Å². The number of hydrogen-bond donors (Lipinski definition) is 1. The molecule has 7 heteroatoms. The fourth-order valence-corrected chi connectivity index (χ4v) is 2.78. The molecule has 0 aliphatic carbocycles. The van der Waals surface area contributed by atoms with Gasteiger partial charge in [0.25, 0.3) is 0 Å². The second-order valence-corrected chi connectivity index (χ2v) is 6.93. The fraction of sp³-hybridized carbons (Fsp3) is 0.500. The molecule has 1 saturated heterocycles. The van der Waals surface area contributed by atoms with Crippen LogP contribution in [0, 0.1) is 10.7 Å². The maximum Gasteiger partial charge on any atom is 0.216 e. The van der Waals surface area contributed by atoms with Crippen LogP contribution in [0.4, 0.5) is 0 Å². The fourth-order valence-electron chi connectivity index (χ4n) is 2.59. The van der Waals surface area contributed by atoms with Crippen LogP contribution in [0.25, 0.3) is 0 Å². The van der Waals surface area contributed by atoms with Gasteiger partial charge in [-0.05, 0) is 67.2 Å². The summed E-state index contributed by atoms with van der Waals surface area (Å²) >= 11 is 5.27. The smallest absolute Gasteiger partial charge is 0.216 e. The molecule has 0 bridgehead atoms. The summed E-state index contributed by atoms with van der Waals surface area (Å²) in [5, 5.41) is 11.5. The van der Waals surface area contributed by atoms with Gasteiger partial charge in [-0.1, -0.05) is 13.8 Å². The minimum absolute atomic E-state index is 0.0400. The van der Waals surface area contributed by atoms with Gasteiger partial charge in [-0.3, -0.25) is 5.10 Å². The minimum Gasteiger partial charge on any atom is -0.494 e. The highest BCUT2D eigenvalue weighted by atomic mass is 32.1. The van der Waals surface area contributed by atoms with Crippen LogP contribution in [0.5, 0.6) is 5.75 Å². The lowest BCUT2D eigenvalue weighted by molar-refractivity contribution is 0.102. The van der Waals surface area contributed by atoms with E-state index in [9.17, 15) is 0 Å². The Bertz CT molecular complexity index is 758. The van der Waals surface area contributed by atoms with Crippen molar-refractivity contribution in [2.24, 2.45) is 11.0 Å². The van der Waals surface area contributed by atoms with Gasteiger partial charge in [-0.15, -0.1) is 0 Å². The number of H-pyrrole nitrogens is 1. The van der Waals surface area contributed by atoms with E-state index in [1.54, 1.807) is 10.9 Å². The molecule has 1 aliphatic rings. The van der Waals surface area contributed by atoms with Gasteiger partial charge in [0.05, 0.1) is 12.8 Å². The van der Waals surface area contributed by atoms with E-state index < -0.39 is 0 Å². The molecule has 1 N–H and O–H groups in total. The first-order valence-electron chi connectivity index (χ1n) is 8.69. The van der Waals surface area contributed by atoms with Crippen molar-refractivity contribution in [2.45, 2.75) is 39.2 Å². The summed E-state index contributed by atoms with van der Waals surface area (Å²) in [5.74, 6) is 2.24. The van der Waals surface area contributed by atoms with Crippen molar-refractivity contribution in [3.05, 3.63) is 40.4 Å². The third-order valence-electron chi connectivity index (χ3n) is 4.06. The van der Waals surface area contributed by atoms with E-state index in [-0.39, 0.29) is 6.10 Å². The third-order valence-corrected chi connectivity index (χ3v) is 4.32. The molecular weight excluding hydrogens is 336 g/mol. The number of hydrogen-bond acceptors (Lipinski definition) is 5. The average molecular weight is 360 g/mol. The van der Waals surface area contributed by atoms with Gasteiger partial charge in [0, 0.05) is 6.61 Å². The van der Waals surface area contributed by atoms with Crippen LogP contribution >= 0.6 is 12.2 Å². The Kier molecular flexibility index (Phi) is 5.99. The third kappa shape index (κ3) is 4.76. The summed E-state index contributed by atoms with van der Waals surface area (Å²) in [5.41, 5.74) is 0.970. The van der Waals surface area contributed by atoms with E-state index in [0.717, 1.165) is 49.6 Å². The van der Waals surface area contributed by atoms with Crippen molar-refractivity contribution < 1.29 is 9.47 Å². The van der Waals surface area contributed by atoms with Gasteiger partial charge >= 0.3 is 0 Å². The zero-order chi connectivity index (χ0) is 17.6. The molecule has 3 rings (SSSR count). The predicted octanol–water partition coefficient (Wildman–Crippen LogP) is 4.10. The topological polar surface area (TPSA) is 64.4 Å². The number of benzene rings is 1. The zero-order valence-electron chi connectivity index (χ0n) is 14.6. The van der Waals surface area contributed by atoms with Gasteiger partial charge in [0.1, 0.15) is 11.9 Å². The van der Waals surface area contributed by atoms with Crippen LogP contribution in [0.1, 0.15) is 50.6 Å². The molecule has 6 nitrogen and oxygen atoms in total. The van der Waals surface area contributed by atoms with Gasteiger partial charge in [-0.2, -0.15) is 14.9 Å². The van der Waals surface area contributed by atoms with Crippen LogP contribution < -0.4 is 4.74 Å². The van der Waals surface area contributed by atoms with Crippen molar-refractivity contribution in [2.75, 3.05) is 13.2 Å². The van der Waals surface area contributed by atoms with Crippen molar-refractivity contribution in [3.8, 4) is 5.75 Å². The molecule has 2 aromatic rings. The van der Waals surface area contributed by atoms with Gasteiger partial charge in [0.2, 0.25) is 4.77 Å². The second kappa shape index (κ2) is 8.40. The van der Waals surface area contributed by atoms with Crippen molar-refractivity contribution >= 4 is 18.4 Å². The molecule has 0 saturated carbocycles. The molecular formula is C18H24N4O2S. The molecule has 134 valence electrons. The Morgan fingerprint density at radius 1 is 1.44 bits per heavy atom. The molecule has 1 aromatic carbocycles. The molecule has 1 aliphatic heterocycles. The number of nitrogens with one attached hydrogen (secondary N) is 1. The largest absolute Gasteiger partial charge is 0.494 e. The predicted molar refractivity (Wildman–Crippen MR) is 99.7 cm³/mol. The lowest BCUT2D eigenvalue weighted by Crippen LogP contribution is -2.05. The summed E-state index contributed by atoms with van der Waals surface area (Å²) in [6.07, 6.45) is 4.75. The summed E-state index contributed by atoms with van der Waals surface area (Å²) in [7, 11) is 0. The highest BCUT2D eigenvalue weighted by Gasteiger charge is 2.23. The molecule has 2 heterocycles. The molecule has 0 radical (unpaired) electrons. The van der Waals surface area contributed by atoms with E-state index in [2.05, 4.69) is 29.1 Å². The Labute approximate surface area is 152 Å². The van der Waals surface area contributed by atoms with Crippen LogP contribution in [-0.4, -0.2) is 34.3 Å². The second-order valence-electron chi connectivity index (χ2n) is 6.55.